The van der Waals surface area contributed by atoms with Crippen LogP contribution in [0.4, 0.5) is 5.69 Å². The summed E-state index contributed by atoms with van der Waals surface area (Å²) < 4.78 is 3.57. The van der Waals surface area contributed by atoms with E-state index in [1.165, 1.54) is 22.5 Å². The van der Waals surface area contributed by atoms with Crippen molar-refractivity contribution in [2.24, 2.45) is 14.1 Å². The number of carbonyl (C=O) groups is 2. The summed E-state index contributed by atoms with van der Waals surface area (Å²) in [4.78, 5) is 52.2. The Kier molecular flexibility index (Phi) is 5.12. The van der Waals surface area contributed by atoms with E-state index in [1.54, 1.807) is 31.3 Å². The van der Waals surface area contributed by atoms with E-state index in [9.17, 15) is 19.2 Å². The predicted molar refractivity (Wildman–Crippen MR) is 101 cm³/mol. The molecule has 3 rings (SSSR count). The summed E-state index contributed by atoms with van der Waals surface area (Å²) in [6.07, 6.45) is 1.74. The fourth-order valence-corrected chi connectivity index (χ4v) is 2.94. The highest BCUT2D eigenvalue weighted by atomic mass is 16.4. The third kappa shape index (κ3) is 3.70. The van der Waals surface area contributed by atoms with Crippen LogP contribution >= 0.6 is 0 Å². The first-order chi connectivity index (χ1) is 13.3. The Morgan fingerprint density at radius 3 is 2.68 bits per heavy atom. The molecule has 0 radical (unpaired) electrons. The van der Waals surface area contributed by atoms with Crippen LogP contribution in [0, 0.1) is 0 Å². The molecule has 0 aliphatic carbocycles. The zero-order chi connectivity index (χ0) is 20.4. The molecule has 2 heterocycles. The molecule has 0 spiro atoms. The highest BCUT2D eigenvalue weighted by Crippen LogP contribution is 2.12. The molecule has 146 valence electrons. The van der Waals surface area contributed by atoms with E-state index in [2.05, 4.69) is 10.3 Å². The number of carbonyl (C=O) groups excluding carboxylic acids is 1. The second kappa shape index (κ2) is 7.51. The maximum absolute atomic E-state index is 12.6. The van der Waals surface area contributed by atoms with Crippen LogP contribution in [-0.2, 0) is 36.6 Å². The van der Waals surface area contributed by atoms with Gasteiger partial charge in [-0.25, -0.2) is 14.3 Å². The number of carboxylic acid groups (broad SMARTS) is 1. The van der Waals surface area contributed by atoms with Crippen LogP contribution in [0.1, 0.15) is 12.0 Å². The second-order valence-electron chi connectivity index (χ2n) is 6.40. The second-order valence-corrected chi connectivity index (χ2v) is 6.40. The maximum Gasteiger partial charge on any atom is 0.332 e. The van der Waals surface area contributed by atoms with Crippen LogP contribution in [-0.4, -0.2) is 35.7 Å². The Morgan fingerprint density at radius 2 is 1.96 bits per heavy atom. The van der Waals surface area contributed by atoms with Crippen LogP contribution in [0.2, 0.25) is 0 Å². The molecule has 3 aromatic rings. The van der Waals surface area contributed by atoms with Crippen LogP contribution in [0.15, 0.2) is 40.2 Å². The molecular weight excluding hydrogens is 366 g/mol. The smallest absolute Gasteiger partial charge is 0.332 e. The minimum atomic E-state index is -0.907. The fraction of sp³-hybridized carbons (Fsp3) is 0.278. The first kappa shape index (κ1) is 19.1. The summed E-state index contributed by atoms with van der Waals surface area (Å²) in [5, 5.41) is 11.4. The van der Waals surface area contributed by atoms with Crippen molar-refractivity contribution in [3.63, 3.8) is 0 Å². The van der Waals surface area contributed by atoms with Crippen molar-refractivity contribution in [2.45, 2.75) is 19.4 Å². The minimum absolute atomic E-state index is 0.0203. The number of amides is 1. The van der Waals surface area contributed by atoms with Crippen molar-refractivity contribution in [3.8, 4) is 0 Å². The van der Waals surface area contributed by atoms with Crippen LogP contribution in [0.5, 0.6) is 0 Å². The Hall–Kier alpha value is -3.69. The number of nitrogens with zero attached hydrogens (tertiary/aromatic N) is 4. The van der Waals surface area contributed by atoms with Gasteiger partial charge in [0.25, 0.3) is 5.56 Å². The molecule has 0 unspecified atom stereocenters. The number of hydrogen-bond donors (Lipinski definition) is 2. The highest BCUT2D eigenvalue weighted by Gasteiger charge is 2.17. The first-order valence-corrected chi connectivity index (χ1v) is 8.49. The molecule has 0 atom stereocenters. The Labute approximate surface area is 158 Å². The number of hydrogen-bond acceptors (Lipinski definition) is 5. The summed E-state index contributed by atoms with van der Waals surface area (Å²) in [5.41, 5.74) is 0.458. The third-order valence-corrected chi connectivity index (χ3v) is 4.34. The number of fused-ring (bicyclic) bond motifs is 1. The van der Waals surface area contributed by atoms with E-state index in [0.717, 1.165) is 10.1 Å². The van der Waals surface area contributed by atoms with Gasteiger partial charge >= 0.3 is 11.7 Å². The lowest BCUT2D eigenvalue weighted by molar-refractivity contribution is -0.137. The largest absolute Gasteiger partial charge is 0.481 e. The number of aromatic nitrogens is 4. The standard InChI is InChI=1S/C18H19N5O5/c1-21-10-19-16-15(21)17(27)23(18(28)22(16)2)9-13(24)20-12-5-3-4-11(8-12)6-7-14(25)26/h3-5,8,10H,6-7,9H2,1-2H3,(H,20,24)(H,25,26). The van der Waals surface area contributed by atoms with E-state index in [-0.39, 0.29) is 17.6 Å². The summed E-state index contributed by atoms with van der Waals surface area (Å²) in [6.45, 7) is -0.452. The topological polar surface area (TPSA) is 128 Å². The van der Waals surface area contributed by atoms with E-state index in [4.69, 9.17) is 5.11 Å². The third-order valence-electron chi connectivity index (χ3n) is 4.34. The summed E-state index contributed by atoms with van der Waals surface area (Å²) >= 11 is 0. The molecule has 10 heteroatoms. The average molecular weight is 385 g/mol. The normalized spacial score (nSPS) is 10.9. The van der Waals surface area contributed by atoms with Gasteiger partial charge in [0, 0.05) is 26.2 Å². The van der Waals surface area contributed by atoms with E-state index in [0.29, 0.717) is 12.1 Å². The molecule has 2 aromatic heterocycles. The van der Waals surface area contributed by atoms with Crippen molar-refractivity contribution in [3.05, 3.63) is 57.0 Å². The fourth-order valence-electron chi connectivity index (χ4n) is 2.94. The molecule has 0 fully saturated rings. The number of nitrogens with one attached hydrogen (secondary N) is 1. The first-order valence-electron chi connectivity index (χ1n) is 8.49. The molecule has 0 bridgehead atoms. The number of benzene rings is 1. The summed E-state index contributed by atoms with van der Waals surface area (Å²) in [7, 11) is 3.12. The van der Waals surface area contributed by atoms with Crippen LogP contribution in [0.25, 0.3) is 11.2 Å². The maximum atomic E-state index is 12.6. The molecule has 2 N–H and O–H groups in total. The monoisotopic (exact) mass is 385 g/mol. The van der Waals surface area contributed by atoms with Crippen molar-refractivity contribution in [2.75, 3.05) is 5.32 Å². The van der Waals surface area contributed by atoms with Gasteiger partial charge in [-0.2, -0.15) is 0 Å². The van der Waals surface area contributed by atoms with Gasteiger partial charge in [-0.05, 0) is 24.1 Å². The van der Waals surface area contributed by atoms with E-state index >= 15 is 0 Å². The quantitative estimate of drug-likeness (QED) is 0.619. The van der Waals surface area contributed by atoms with Crippen molar-refractivity contribution in [1.82, 2.24) is 18.7 Å². The van der Waals surface area contributed by atoms with Gasteiger partial charge in [0.05, 0.1) is 6.33 Å². The lowest BCUT2D eigenvalue weighted by atomic mass is 10.1. The number of rotatable bonds is 6. The van der Waals surface area contributed by atoms with Crippen molar-refractivity contribution >= 4 is 28.7 Å². The lowest BCUT2D eigenvalue weighted by Crippen LogP contribution is -2.42. The van der Waals surface area contributed by atoms with Crippen LogP contribution < -0.4 is 16.6 Å². The van der Waals surface area contributed by atoms with Gasteiger partial charge in [-0.1, -0.05) is 12.1 Å². The summed E-state index contributed by atoms with van der Waals surface area (Å²) in [5.74, 6) is -1.45. The molecule has 0 aliphatic heterocycles. The predicted octanol–water partition coefficient (Wildman–Crippen LogP) is 0.0896. The Bertz CT molecular complexity index is 1190. The van der Waals surface area contributed by atoms with Crippen LogP contribution in [0.3, 0.4) is 0 Å². The van der Waals surface area contributed by atoms with E-state index in [1.807, 2.05) is 0 Å². The average Bonchev–Trinajstić information content (AvgIpc) is 3.04. The lowest BCUT2D eigenvalue weighted by Gasteiger charge is -2.10. The summed E-state index contributed by atoms with van der Waals surface area (Å²) in [6, 6.07) is 6.76. The highest BCUT2D eigenvalue weighted by molar-refractivity contribution is 5.90. The number of imidazole rings is 1. The number of anilines is 1. The SMILES string of the molecule is Cn1cnc2c1c(=O)n(CC(=O)Nc1cccc(CCC(=O)O)c1)c(=O)n2C. The molecule has 1 amide bonds. The number of aryl methyl sites for hydroxylation is 3. The zero-order valence-electron chi connectivity index (χ0n) is 15.4. The van der Waals surface area contributed by atoms with Gasteiger partial charge in [0.1, 0.15) is 6.54 Å². The molecule has 0 aliphatic rings. The number of aliphatic carboxylic acids is 1. The minimum Gasteiger partial charge on any atom is -0.481 e. The zero-order valence-corrected chi connectivity index (χ0v) is 15.4. The molecule has 10 nitrogen and oxygen atoms in total. The van der Waals surface area contributed by atoms with Gasteiger partial charge in [-0.3, -0.25) is 19.0 Å². The molecule has 28 heavy (non-hydrogen) atoms. The van der Waals surface area contributed by atoms with Gasteiger partial charge in [0.2, 0.25) is 5.91 Å². The van der Waals surface area contributed by atoms with Gasteiger partial charge in [0.15, 0.2) is 11.2 Å². The van der Waals surface area contributed by atoms with Crippen molar-refractivity contribution < 1.29 is 14.7 Å². The molecular formula is C18H19N5O5. The molecule has 1 aromatic carbocycles. The molecule has 0 saturated carbocycles. The van der Waals surface area contributed by atoms with Gasteiger partial charge in [-0.15, -0.1) is 0 Å². The number of carboxylic acids is 1. The van der Waals surface area contributed by atoms with Crippen molar-refractivity contribution in [1.29, 1.82) is 0 Å². The Balaban J connectivity index is 1.84. The van der Waals surface area contributed by atoms with E-state index < -0.39 is 29.7 Å². The molecule has 0 saturated heterocycles. The Morgan fingerprint density at radius 1 is 1.21 bits per heavy atom. The van der Waals surface area contributed by atoms with Gasteiger partial charge < -0.3 is 15.0 Å².